The molecule has 3 aliphatic rings. The summed E-state index contributed by atoms with van der Waals surface area (Å²) in [6.07, 6.45) is 10.5. The second kappa shape index (κ2) is 10.5. The number of hydrogen-bond donors (Lipinski definition) is 1. The molecule has 4 heterocycles. The Hall–Kier alpha value is -2.69. The molecule has 0 spiro atoms. The van der Waals surface area contributed by atoms with E-state index in [0.717, 1.165) is 59.1 Å². The molecule has 0 atom stereocenters. The van der Waals surface area contributed by atoms with Gasteiger partial charge in [-0.05, 0) is 103 Å². The van der Waals surface area contributed by atoms with Gasteiger partial charge in [0.1, 0.15) is 5.71 Å². The van der Waals surface area contributed by atoms with Crippen LogP contribution in [0.2, 0.25) is 0 Å². The first kappa shape index (κ1) is 26.9. The van der Waals surface area contributed by atoms with Crippen molar-refractivity contribution in [3.8, 4) is 0 Å². The van der Waals surface area contributed by atoms with Gasteiger partial charge in [0, 0.05) is 55.2 Å². The summed E-state index contributed by atoms with van der Waals surface area (Å²) in [7, 11) is 0. The molecule has 3 aliphatic heterocycles. The molecule has 0 saturated carbocycles. The van der Waals surface area contributed by atoms with Crippen LogP contribution in [0, 0.1) is 6.92 Å². The number of aryl methyl sites for hydroxylation is 2. The van der Waals surface area contributed by atoms with Crippen molar-refractivity contribution < 1.29 is 23.0 Å². The molecular weight excluding hydrogens is 598 g/mol. The first-order valence-electron chi connectivity index (χ1n) is 13.3. The Bertz CT molecular complexity index is 1440. The molecule has 2 aromatic rings. The molecular formula is C29H33BF2IN3O2. The number of fused-ring (bicyclic) bond motifs is 3. The van der Waals surface area contributed by atoms with Crippen molar-refractivity contribution in [2.75, 3.05) is 18.0 Å². The van der Waals surface area contributed by atoms with Crippen molar-refractivity contribution in [1.82, 2.24) is 4.48 Å². The molecule has 5 rings (SSSR count). The summed E-state index contributed by atoms with van der Waals surface area (Å²) < 4.78 is 35.3. The molecule has 0 radical (unpaired) electrons. The lowest BCUT2D eigenvalue weighted by atomic mass is 9.89. The van der Waals surface area contributed by atoms with Gasteiger partial charge in [-0.15, -0.1) is 0 Å². The Labute approximate surface area is 236 Å². The summed E-state index contributed by atoms with van der Waals surface area (Å²) in [5, 5.41) is 8.82. The zero-order chi connectivity index (χ0) is 27.2. The minimum Gasteiger partial charge on any atom is -0.481 e. The summed E-state index contributed by atoms with van der Waals surface area (Å²) in [6.45, 7) is 3.49. The maximum atomic E-state index is 16.0. The number of benzene rings is 1. The fraction of sp³-hybridized carbons (Fsp3) is 0.379. The number of aromatic nitrogens is 1. The van der Waals surface area contributed by atoms with Gasteiger partial charge in [-0.2, -0.15) is 0 Å². The van der Waals surface area contributed by atoms with Gasteiger partial charge in [0.15, 0.2) is 5.70 Å². The molecule has 9 heteroatoms. The average molecular weight is 631 g/mol. The standard InChI is InChI=1S/C29H33BF2IN3O2/c1-19-16-24(36-26(19)18-27-20(2)29(33)21(3)35(27)30(36,31)32)12-10-22-11-13-25-23(17-22)8-7-15-34(25)14-6-4-5-9-28(37)38/h10-13,16-18H,4-9,14-15H2,1-3H3,(H,37,38)/b12-10+. The fourth-order valence-electron chi connectivity index (χ4n) is 6.00. The Balaban J connectivity index is 1.37. The van der Waals surface area contributed by atoms with E-state index in [2.05, 4.69) is 45.7 Å². The van der Waals surface area contributed by atoms with Crippen LogP contribution < -0.4 is 4.90 Å². The number of rotatable bonds is 8. The predicted octanol–water partition coefficient (Wildman–Crippen LogP) is 7.14. The normalized spacial score (nSPS) is 18.2. The van der Waals surface area contributed by atoms with Crippen LogP contribution in [-0.2, 0) is 11.2 Å². The number of carboxylic acid groups (broad SMARTS) is 1. The van der Waals surface area contributed by atoms with Gasteiger partial charge in [0.2, 0.25) is 0 Å². The average Bonchev–Trinajstić information content (AvgIpc) is 3.31. The molecule has 0 amide bonds. The second-order valence-corrected chi connectivity index (χ2v) is 11.6. The van der Waals surface area contributed by atoms with Crippen molar-refractivity contribution in [3.05, 3.63) is 67.2 Å². The van der Waals surface area contributed by atoms with E-state index in [1.807, 2.05) is 38.1 Å². The summed E-state index contributed by atoms with van der Waals surface area (Å²) in [6, 6.07) is 8.21. The van der Waals surface area contributed by atoms with E-state index < -0.39 is 12.9 Å². The number of unbranched alkanes of at least 4 members (excludes halogenated alkanes) is 2. The molecule has 1 N–H and O–H groups in total. The number of carbonyl (C=O) groups is 1. The van der Waals surface area contributed by atoms with E-state index in [-0.39, 0.29) is 6.42 Å². The highest BCUT2D eigenvalue weighted by Crippen LogP contribution is 2.40. The zero-order valence-corrected chi connectivity index (χ0v) is 24.3. The van der Waals surface area contributed by atoms with Crippen LogP contribution in [0.1, 0.15) is 74.0 Å². The number of aliphatic carboxylic acids is 1. The van der Waals surface area contributed by atoms with Crippen LogP contribution in [0.4, 0.5) is 14.3 Å². The minimum atomic E-state index is -4.01. The number of nitrogens with zero attached hydrogens (tertiary/aromatic N) is 3. The summed E-state index contributed by atoms with van der Waals surface area (Å²) in [5.41, 5.74) is 7.53. The number of carboxylic acids is 1. The van der Waals surface area contributed by atoms with Crippen LogP contribution in [-0.4, -0.2) is 45.8 Å². The fourth-order valence-corrected chi connectivity index (χ4v) is 6.53. The Kier molecular flexibility index (Phi) is 7.41. The van der Waals surface area contributed by atoms with Crippen molar-refractivity contribution in [2.45, 2.75) is 59.3 Å². The lowest BCUT2D eigenvalue weighted by Gasteiger charge is -2.31. The smallest absolute Gasteiger partial charge is 0.481 e. The van der Waals surface area contributed by atoms with Crippen molar-refractivity contribution >= 4 is 65.2 Å². The van der Waals surface area contributed by atoms with Crippen molar-refractivity contribution in [2.24, 2.45) is 0 Å². The third-order valence-electron chi connectivity index (χ3n) is 7.94. The number of halogens is 3. The molecule has 0 bridgehead atoms. The molecule has 0 fully saturated rings. The molecule has 0 saturated heterocycles. The van der Waals surface area contributed by atoms with Crippen LogP contribution in [0.25, 0.3) is 18.2 Å². The highest BCUT2D eigenvalue weighted by molar-refractivity contribution is 14.1. The number of hydrogen-bond acceptors (Lipinski definition) is 2. The molecule has 1 aromatic heterocycles. The van der Waals surface area contributed by atoms with Gasteiger partial charge in [0.05, 0.1) is 3.58 Å². The third-order valence-corrected chi connectivity index (χ3v) is 9.53. The zero-order valence-electron chi connectivity index (χ0n) is 22.1. The van der Waals surface area contributed by atoms with Crippen LogP contribution in [0.5, 0.6) is 0 Å². The quantitative estimate of drug-likeness (QED) is 0.192. The SMILES string of the molecule is CC1=C(I)C(C)=[N+]2C1=Cc1c(C)cc(/C=C/c3ccc4c(c3)CCCN4CCCCCC(=O)O)n1[B-]2(F)F. The molecule has 0 aliphatic carbocycles. The molecule has 38 heavy (non-hydrogen) atoms. The largest absolute Gasteiger partial charge is 0.737 e. The lowest BCUT2D eigenvalue weighted by Crippen LogP contribution is -2.50. The maximum absolute atomic E-state index is 16.0. The molecule has 0 unspecified atom stereocenters. The summed E-state index contributed by atoms with van der Waals surface area (Å²) in [5.74, 6) is -0.734. The lowest BCUT2D eigenvalue weighted by molar-refractivity contribution is -0.362. The van der Waals surface area contributed by atoms with Gasteiger partial charge >= 0.3 is 12.9 Å². The highest BCUT2D eigenvalue weighted by Gasteiger charge is 2.54. The summed E-state index contributed by atoms with van der Waals surface area (Å²) in [4.78, 5) is 13.1. The Morgan fingerprint density at radius 3 is 2.71 bits per heavy atom. The highest BCUT2D eigenvalue weighted by atomic mass is 127. The summed E-state index contributed by atoms with van der Waals surface area (Å²) >= 11 is 2.16. The number of anilines is 1. The second-order valence-electron chi connectivity index (χ2n) is 10.5. The predicted molar refractivity (Wildman–Crippen MR) is 160 cm³/mol. The minimum absolute atomic E-state index is 0.229. The Morgan fingerprint density at radius 2 is 1.95 bits per heavy atom. The molecule has 200 valence electrons. The molecule has 1 aromatic carbocycles. The monoisotopic (exact) mass is 631 g/mol. The topological polar surface area (TPSA) is 48.5 Å². The van der Waals surface area contributed by atoms with E-state index in [1.165, 1.54) is 20.2 Å². The van der Waals surface area contributed by atoms with Gasteiger partial charge in [-0.3, -0.25) is 4.79 Å². The van der Waals surface area contributed by atoms with Gasteiger partial charge in [0.25, 0.3) is 0 Å². The van der Waals surface area contributed by atoms with E-state index in [1.54, 1.807) is 6.92 Å². The van der Waals surface area contributed by atoms with Crippen LogP contribution in [0.3, 0.4) is 0 Å². The van der Waals surface area contributed by atoms with E-state index in [9.17, 15) is 4.79 Å². The van der Waals surface area contributed by atoms with Crippen LogP contribution in [0.15, 0.2) is 39.1 Å². The first-order chi connectivity index (χ1) is 18.1. The van der Waals surface area contributed by atoms with E-state index >= 15 is 8.63 Å². The van der Waals surface area contributed by atoms with E-state index in [0.29, 0.717) is 29.2 Å². The number of allylic oxidation sites excluding steroid dienone is 2. The van der Waals surface area contributed by atoms with E-state index in [4.69, 9.17) is 5.11 Å². The van der Waals surface area contributed by atoms with Gasteiger partial charge < -0.3 is 27.6 Å². The van der Waals surface area contributed by atoms with Gasteiger partial charge in [-0.1, -0.05) is 18.6 Å². The maximum Gasteiger partial charge on any atom is 0.737 e. The molecule has 5 nitrogen and oxygen atoms in total. The first-order valence-corrected chi connectivity index (χ1v) is 14.4. The van der Waals surface area contributed by atoms with Crippen LogP contribution >= 0.6 is 22.6 Å². The van der Waals surface area contributed by atoms with Crippen molar-refractivity contribution in [1.29, 1.82) is 0 Å². The third kappa shape index (κ3) is 4.78. The van der Waals surface area contributed by atoms with Gasteiger partial charge in [-0.25, -0.2) is 0 Å². The Morgan fingerprint density at radius 1 is 1.16 bits per heavy atom. The van der Waals surface area contributed by atoms with Crippen molar-refractivity contribution in [3.63, 3.8) is 0 Å².